The van der Waals surface area contributed by atoms with E-state index in [0.717, 1.165) is 38.5 Å². The summed E-state index contributed by atoms with van der Waals surface area (Å²) >= 11 is 5.81. The highest BCUT2D eigenvalue weighted by Crippen LogP contribution is 2.36. The van der Waals surface area contributed by atoms with Crippen molar-refractivity contribution in [2.24, 2.45) is 5.92 Å². The van der Waals surface area contributed by atoms with Gasteiger partial charge in [0, 0.05) is 35.8 Å². The molecule has 0 aliphatic heterocycles. The summed E-state index contributed by atoms with van der Waals surface area (Å²) in [5.74, 6) is -0.255. The summed E-state index contributed by atoms with van der Waals surface area (Å²) in [7, 11) is 1.91. The second kappa shape index (κ2) is 9.43. The van der Waals surface area contributed by atoms with Gasteiger partial charge in [-0.05, 0) is 76.0 Å². The van der Waals surface area contributed by atoms with Crippen molar-refractivity contribution in [3.05, 3.63) is 34.6 Å². The van der Waals surface area contributed by atoms with E-state index in [0.29, 0.717) is 25.0 Å². The first-order chi connectivity index (χ1) is 13.8. The average Bonchev–Trinajstić information content (AvgIpc) is 2.67. The Morgan fingerprint density at radius 2 is 1.90 bits per heavy atom. The maximum Gasteiger partial charge on any atom is 0.251 e. The van der Waals surface area contributed by atoms with E-state index in [-0.39, 0.29) is 27.9 Å². The topological polar surface area (TPSA) is 61.4 Å². The molecule has 5 nitrogen and oxygen atoms in total. The second-order valence-corrected chi connectivity index (χ2v) is 9.21. The van der Waals surface area contributed by atoms with Crippen LogP contribution in [-0.2, 0) is 4.79 Å². The number of amides is 2. The molecule has 160 valence electrons. The molecular formula is C22H31ClFN3O2. The first-order valence-electron chi connectivity index (χ1n) is 10.5. The Morgan fingerprint density at radius 3 is 2.48 bits per heavy atom. The highest BCUT2D eigenvalue weighted by Gasteiger charge is 2.38. The molecule has 2 saturated carbocycles. The van der Waals surface area contributed by atoms with Gasteiger partial charge in [-0.25, -0.2) is 4.39 Å². The zero-order valence-corrected chi connectivity index (χ0v) is 18.0. The lowest BCUT2D eigenvalue weighted by Gasteiger charge is -2.46. The van der Waals surface area contributed by atoms with Crippen LogP contribution < -0.4 is 10.6 Å². The third-order valence-electron chi connectivity index (χ3n) is 6.68. The van der Waals surface area contributed by atoms with Crippen molar-refractivity contribution >= 4 is 23.4 Å². The normalized spacial score (nSPS) is 23.2. The van der Waals surface area contributed by atoms with E-state index >= 15 is 0 Å². The van der Waals surface area contributed by atoms with Crippen molar-refractivity contribution in [2.45, 2.75) is 63.5 Å². The van der Waals surface area contributed by atoms with Gasteiger partial charge in [0.15, 0.2) is 0 Å². The van der Waals surface area contributed by atoms with Crippen LogP contribution in [0.1, 0.15) is 62.2 Å². The number of nitrogens with one attached hydrogen (secondary N) is 2. The summed E-state index contributed by atoms with van der Waals surface area (Å²) in [6, 6.07) is 4.19. The van der Waals surface area contributed by atoms with Gasteiger partial charge in [-0.2, -0.15) is 0 Å². The zero-order chi connectivity index (χ0) is 21.0. The number of hydrogen-bond donors (Lipinski definition) is 2. The van der Waals surface area contributed by atoms with Crippen molar-refractivity contribution in [3.63, 3.8) is 0 Å². The van der Waals surface area contributed by atoms with E-state index < -0.39 is 5.82 Å². The van der Waals surface area contributed by atoms with Gasteiger partial charge in [-0.15, -0.1) is 0 Å². The number of likely N-dealkylation sites (N-methyl/N-ethyl adjacent to an activating group) is 1. The van der Waals surface area contributed by atoms with E-state index in [2.05, 4.69) is 17.6 Å². The second-order valence-electron chi connectivity index (χ2n) is 8.77. The number of rotatable bonds is 7. The summed E-state index contributed by atoms with van der Waals surface area (Å²) in [5, 5.41) is 6.51. The summed E-state index contributed by atoms with van der Waals surface area (Å²) in [6.07, 6.45) is 7.34. The van der Waals surface area contributed by atoms with Crippen LogP contribution in [-0.4, -0.2) is 48.4 Å². The van der Waals surface area contributed by atoms with E-state index in [1.165, 1.54) is 24.6 Å². The monoisotopic (exact) mass is 423 g/mol. The molecule has 1 aromatic carbocycles. The summed E-state index contributed by atoms with van der Waals surface area (Å²) < 4.78 is 13.4. The van der Waals surface area contributed by atoms with E-state index in [4.69, 9.17) is 11.6 Å². The van der Waals surface area contributed by atoms with E-state index in [1.54, 1.807) is 0 Å². The highest BCUT2D eigenvalue weighted by atomic mass is 35.5. The van der Waals surface area contributed by atoms with Crippen LogP contribution in [0, 0.1) is 11.7 Å². The van der Waals surface area contributed by atoms with Gasteiger partial charge in [-0.3, -0.25) is 9.59 Å². The molecule has 0 aromatic heterocycles. The van der Waals surface area contributed by atoms with E-state index in [9.17, 15) is 14.0 Å². The fourth-order valence-electron chi connectivity index (χ4n) is 4.27. The molecule has 2 aliphatic carbocycles. The van der Waals surface area contributed by atoms with Crippen molar-refractivity contribution < 1.29 is 14.0 Å². The predicted molar refractivity (Wildman–Crippen MR) is 113 cm³/mol. The maximum absolute atomic E-state index is 13.4. The lowest BCUT2D eigenvalue weighted by molar-refractivity contribution is -0.137. The first-order valence-corrected chi connectivity index (χ1v) is 10.9. The number of nitrogens with zero attached hydrogens (tertiary/aromatic N) is 1. The van der Waals surface area contributed by atoms with Gasteiger partial charge in [0.05, 0.1) is 6.54 Å². The zero-order valence-electron chi connectivity index (χ0n) is 17.3. The van der Waals surface area contributed by atoms with Crippen LogP contribution in [0.25, 0.3) is 0 Å². The van der Waals surface area contributed by atoms with Gasteiger partial charge in [0.2, 0.25) is 5.91 Å². The quantitative estimate of drug-likeness (QED) is 0.702. The molecule has 2 fully saturated rings. The van der Waals surface area contributed by atoms with Gasteiger partial charge >= 0.3 is 0 Å². The fraction of sp³-hybridized carbons (Fsp3) is 0.636. The summed E-state index contributed by atoms with van der Waals surface area (Å²) in [6.45, 7) is 3.11. The summed E-state index contributed by atoms with van der Waals surface area (Å²) in [4.78, 5) is 26.6. The molecule has 0 heterocycles. The summed E-state index contributed by atoms with van der Waals surface area (Å²) in [5.41, 5.74) is 0.286. The minimum Gasteiger partial charge on any atom is -0.352 e. The highest BCUT2D eigenvalue weighted by molar-refractivity contribution is 6.31. The minimum absolute atomic E-state index is 0.0422. The molecule has 0 radical (unpaired) electrons. The third-order valence-corrected chi connectivity index (χ3v) is 6.90. The maximum atomic E-state index is 13.4. The SMILES string of the molecule is CN(C(=O)CN[C@H]1CC[C@H](CNC(=O)c2cc(F)cc(Cl)c2)CC1)C1(C)CCC1. The number of halogens is 2. The lowest BCUT2D eigenvalue weighted by atomic mass is 9.77. The number of benzene rings is 1. The Bertz CT molecular complexity index is 725. The molecule has 2 amide bonds. The van der Waals surface area contributed by atoms with Crippen molar-refractivity contribution in [1.29, 1.82) is 0 Å². The largest absolute Gasteiger partial charge is 0.352 e. The van der Waals surface area contributed by atoms with Crippen LogP contribution in [0.5, 0.6) is 0 Å². The molecule has 0 atom stereocenters. The lowest BCUT2D eigenvalue weighted by Crippen LogP contribution is -2.54. The number of carbonyl (C=O) groups is 2. The van der Waals surface area contributed by atoms with Crippen molar-refractivity contribution in [2.75, 3.05) is 20.1 Å². The van der Waals surface area contributed by atoms with Crippen LogP contribution in [0.2, 0.25) is 5.02 Å². The predicted octanol–water partition coefficient (Wildman–Crippen LogP) is 3.76. The Balaban J connectivity index is 1.36. The van der Waals surface area contributed by atoms with E-state index in [1.807, 2.05) is 11.9 Å². The Hall–Kier alpha value is -1.66. The number of hydrogen-bond acceptors (Lipinski definition) is 3. The van der Waals surface area contributed by atoms with Crippen LogP contribution in [0.3, 0.4) is 0 Å². The molecule has 1 aromatic rings. The van der Waals surface area contributed by atoms with Gasteiger partial charge in [-0.1, -0.05) is 11.6 Å². The van der Waals surface area contributed by atoms with Crippen LogP contribution in [0.15, 0.2) is 18.2 Å². The first kappa shape index (κ1) is 22.0. The molecule has 0 saturated heterocycles. The third kappa shape index (κ3) is 5.70. The Kier molecular flexibility index (Phi) is 7.17. The van der Waals surface area contributed by atoms with Gasteiger partial charge < -0.3 is 15.5 Å². The molecule has 2 N–H and O–H groups in total. The Morgan fingerprint density at radius 1 is 1.21 bits per heavy atom. The fourth-order valence-corrected chi connectivity index (χ4v) is 4.49. The molecule has 0 spiro atoms. The standard InChI is InChI=1S/C22H31ClFN3O2/c1-22(8-3-9-22)27(2)20(28)14-25-19-6-4-15(5-7-19)13-26-21(29)16-10-17(23)12-18(24)11-16/h10-12,15,19,25H,3-9,13-14H2,1-2H3,(H,26,29)/t15-,19-. The Labute approximate surface area is 177 Å². The average molecular weight is 424 g/mol. The van der Waals surface area contributed by atoms with Crippen molar-refractivity contribution in [3.8, 4) is 0 Å². The minimum atomic E-state index is -0.513. The molecule has 3 rings (SSSR count). The van der Waals surface area contributed by atoms with Crippen molar-refractivity contribution in [1.82, 2.24) is 15.5 Å². The molecular weight excluding hydrogens is 393 g/mol. The van der Waals surface area contributed by atoms with Crippen LogP contribution >= 0.6 is 11.6 Å². The molecule has 0 bridgehead atoms. The molecule has 2 aliphatic rings. The molecule has 29 heavy (non-hydrogen) atoms. The van der Waals surface area contributed by atoms with Gasteiger partial charge in [0.25, 0.3) is 5.91 Å². The number of carbonyl (C=O) groups excluding carboxylic acids is 2. The van der Waals surface area contributed by atoms with Gasteiger partial charge in [0.1, 0.15) is 5.82 Å². The molecule has 0 unspecified atom stereocenters. The molecule has 7 heteroatoms. The smallest absolute Gasteiger partial charge is 0.251 e. The van der Waals surface area contributed by atoms with Crippen LogP contribution in [0.4, 0.5) is 4.39 Å².